The molecule has 4 rings (SSSR count). The first kappa shape index (κ1) is 49.8. The molecule has 0 aromatic carbocycles. The van der Waals surface area contributed by atoms with Crippen molar-refractivity contribution >= 4 is 17.5 Å². The van der Waals surface area contributed by atoms with E-state index in [0.29, 0.717) is 54.1 Å². The van der Waals surface area contributed by atoms with E-state index in [-0.39, 0.29) is 39.1 Å². The van der Waals surface area contributed by atoms with Gasteiger partial charge in [0.15, 0.2) is 0 Å². The van der Waals surface area contributed by atoms with Crippen molar-refractivity contribution in [2.75, 3.05) is 52.4 Å². The lowest BCUT2D eigenvalue weighted by atomic mass is 9.76. The molecule has 2 unspecified atom stereocenters. The van der Waals surface area contributed by atoms with Gasteiger partial charge in [0.1, 0.15) is 11.6 Å². The van der Waals surface area contributed by atoms with Gasteiger partial charge in [0.25, 0.3) is 0 Å². The zero-order valence-electron chi connectivity index (χ0n) is 30.7. The summed E-state index contributed by atoms with van der Waals surface area (Å²) in [7, 11) is 0. The van der Waals surface area contributed by atoms with Crippen LogP contribution < -0.4 is 16.0 Å². The second kappa shape index (κ2) is 21.5. The van der Waals surface area contributed by atoms with E-state index in [1.54, 1.807) is 0 Å². The number of piperazine rings is 1. The summed E-state index contributed by atoms with van der Waals surface area (Å²) in [5.74, 6) is 1.44. The third kappa shape index (κ3) is 19.9. The van der Waals surface area contributed by atoms with Crippen LogP contribution in [0.15, 0.2) is 12.2 Å². The van der Waals surface area contributed by atoms with Crippen molar-refractivity contribution in [3.05, 3.63) is 12.2 Å². The maximum atomic E-state index is 11.3. The Kier molecular flexibility index (Phi) is 22.7. The molecule has 280 valence electrons. The summed E-state index contributed by atoms with van der Waals surface area (Å²) in [4.78, 5) is 37.7. The van der Waals surface area contributed by atoms with Crippen molar-refractivity contribution in [2.45, 2.75) is 155 Å². The van der Waals surface area contributed by atoms with Crippen LogP contribution in [0.3, 0.4) is 0 Å². The Morgan fingerprint density at radius 2 is 1.30 bits per heavy atom. The van der Waals surface area contributed by atoms with E-state index in [2.05, 4.69) is 111 Å². The quantitative estimate of drug-likeness (QED) is 0.237. The van der Waals surface area contributed by atoms with E-state index >= 15 is 0 Å². The van der Waals surface area contributed by atoms with Gasteiger partial charge < -0.3 is 20.9 Å². The average Bonchev–Trinajstić information content (AvgIpc) is 2.88. The standard InChI is InChI=1S/C10H19N.2C9H17NO.C8H16N2O.3CH4/c1-9-6-5-7-11(8-9)10(2,3)4;1-9(2,3)7-4-8(11)6-10-5-7;1-9(2,3)8-5-4-7(11)6-10-8;1-8(2,3)10-5-4-9-6-7(10)11;;;/h1,5-8H2,2-4H3;7,10H,4-6H2,1-3H3;8,10H,4-6H2,1-3H3;9H,4-6H2,1-3H3;3*1H4. The van der Waals surface area contributed by atoms with Gasteiger partial charge in [-0.05, 0) is 90.6 Å². The first-order chi connectivity index (χ1) is 20.0. The molecule has 0 aromatic rings. The number of rotatable bonds is 0. The van der Waals surface area contributed by atoms with Crippen LogP contribution in [0.5, 0.6) is 0 Å². The average molecular weight is 668 g/mol. The van der Waals surface area contributed by atoms with Gasteiger partial charge in [-0.15, -0.1) is 0 Å². The molecule has 8 heteroatoms. The van der Waals surface area contributed by atoms with Gasteiger partial charge in [-0.1, -0.05) is 76.0 Å². The predicted molar refractivity (Wildman–Crippen MR) is 205 cm³/mol. The predicted octanol–water partition coefficient (Wildman–Crippen LogP) is 7.13. The van der Waals surface area contributed by atoms with E-state index in [4.69, 9.17) is 0 Å². The number of carbonyl (C=O) groups excluding carboxylic acids is 3. The maximum absolute atomic E-state index is 11.3. The second-order valence-electron chi connectivity index (χ2n) is 17.2. The van der Waals surface area contributed by atoms with E-state index in [1.807, 2.05) is 4.90 Å². The highest BCUT2D eigenvalue weighted by Gasteiger charge is 2.30. The molecule has 8 nitrogen and oxygen atoms in total. The van der Waals surface area contributed by atoms with Gasteiger partial charge in [-0.2, -0.15) is 0 Å². The first-order valence-corrected chi connectivity index (χ1v) is 16.9. The van der Waals surface area contributed by atoms with Crippen LogP contribution in [0, 0.1) is 16.7 Å². The molecule has 1 amide bonds. The van der Waals surface area contributed by atoms with Gasteiger partial charge in [-0.25, -0.2) is 0 Å². The van der Waals surface area contributed by atoms with E-state index in [1.165, 1.54) is 25.0 Å². The van der Waals surface area contributed by atoms with Gasteiger partial charge in [0.2, 0.25) is 5.91 Å². The Labute approximate surface area is 293 Å². The lowest BCUT2D eigenvalue weighted by Crippen LogP contribution is -2.55. The number of carbonyl (C=O) groups is 3. The van der Waals surface area contributed by atoms with Crippen molar-refractivity contribution in [3.8, 4) is 0 Å². The fourth-order valence-corrected chi connectivity index (χ4v) is 5.73. The Morgan fingerprint density at radius 1 is 0.702 bits per heavy atom. The highest BCUT2D eigenvalue weighted by Crippen LogP contribution is 2.29. The third-order valence-electron chi connectivity index (χ3n) is 8.94. The van der Waals surface area contributed by atoms with E-state index in [9.17, 15) is 14.4 Å². The Balaban J connectivity index is -0.000000538. The Hall–Kier alpha value is -1.61. The van der Waals surface area contributed by atoms with Gasteiger partial charge in [0, 0.05) is 49.6 Å². The van der Waals surface area contributed by atoms with Crippen molar-refractivity contribution in [3.63, 3.8) is 0 Å². The van der Waals surface area contributed by atoms with Crippen LogP contribution in [0.1, 0.15) is 137 Å². The number of amides is 1. The molecule has 0 spiro atoms. The van der Waals surface area contributed by atoms with Crippen LogP contribution in [0.25, 0.3) is 0 Å². The van der Waals surface area contributed by atoms with Gasteiger partial charge in [0.05, 0.1) is 19.6 Å². The number of Topliss-reactive ketones (excluding diaryl/α,β-unsaturated/α-hetero) is 2. The summed E-state index contributed by atoms with van der Waals surface area (Å²) in [5, 5.41) is 9.45. The molecular formula is C39H81N5O3. The number of ketones is 2. The third-order valence-corrected chi connectivity index (χ3v) is 8.94. The van der Waals surface area contributed by atoms with Crippen molar-refractivity contribution in [2.24, 2.45) is 16.7 Å². The normalized spacial score (nSPS) is 22.8. The topological polar surface area (TPSA) is 93.8 Å². The van der Waals surface area contributed by atoms with Gasteiger partial charge in [-0.3, -0.25) is 19.3 Å². The molecule has 0 aromatic heterocycles. The number of piperidine rings is 3. The molecule has 4 aliphatic heterocycles. The fourth-order valence-electron chi connectivity index (χ4n) is 5.73. The molecule has 0 radical (unpaired) electrons. The van der Waals surface area contributed by atoms with Crippen LogP contribution in [0.2, 0.25) is 0 Å². The molecule has 2 atom stereocenters. The summed E-state index contributed by atoms with van der Waals surface area (Å²) < 4.78 is 0. The minimum atomic E-state index is -0.0147. The minimum absolute atomic E-state index is 0. The number of likely N-dealkylation sites (tertiary alicyclic amines) is 1. The molecule has 4 aliphatic rings. The molecule has 0 aliphatic carbocycles. The largest absolute Gasteiger partial charge is 0.335 e. The molecule has 47 heavy (non-hydrogen) atoms. The second-order valence-corrected chi connectivity index (χ2v) is 17.2. The molecule has 3 N–H and O–H groups in total. The maximum Gasteiger partial charge on any atom is 0.237 e. The molecule has 4 heterocycles. The highest BCUT2D eigenvalue weighted by atomic mass is 16.2. The van der Waals surface area contributed by atoms with E-state index in [0.717, 1.165) is 45.4 Å². The zero-order valence-corrected chi connectivity index (χ0v) is 30.7. The Bertz CT molecular complexity index is 886. The molecule has 4 saturated heterocycles. The molecular weight excluding hydrogens is 586 g/mol. The highest BCUT2D eigenvalue weighted by molar-refractivity contribution is 5.81. The van der Waals surface area contributed by atoms with Crippen LogP contribution in [-0.4, -0.2) is 96.8 Å². The number of hydrogen-bond acceptors (Lipinski definition) is 7. The minimum Gasteiger partial charge on any atom is -0.335 e. The summed E-state index contributed by atoms with van der Waals surface area (Å²) >= 11 is 0. The van der Waals surface area contributed by atoms with Crippen molar-refractivity contribution in [1.29, 1.82) is 0 Å². The summed E-state index contributed by atoms with van der Waals surface area (Å²) in [5.41, 5.74) is 2.26. The lowest BCUT2D eigenvalue weighted by molar-refractivity contribution is -0.136. The summed E-state index contributed by atoms with van der Waals surface area (Å²) in [6.45, 7) is 37.0. The number of hydrogen-bond donors (Lipinski definition) is 3. The fraction of sp³-hybridized carbons (Fsp3) is 0.872. The Morgan fingerprint density at radius 3 is 1.64 bits per heavy atom. The van der Waals surface area contributed by atoms with Gasteiger partial charge >= 0.3 is 0 Å². The summed E-state index contributed by atoms with van der Waals surface area (Å²) in [6, 6.07) is 0.514. The first-order valence-electron chi connectivity index (χ1n) is 16.9. The monoisotopic (exact) mass is 668 g/mol. The van der Waals surface area contributed by atoms with Crippen molar-refractivity contribution < 1.29 is 14.4 Å². The smallest absolute Gasteiger partial charge is 0.237 e. The molecule has 4 fully saturated rings. The van der Waals surface area contributed by atoms with Crippen LogP contribution in [-0.2, 0) is 14.4 Å². The zero-order chi connectivity index (χ0) is 33.9. The number of nitrogens with zero attached hydrogens (tertiary/aromatic N) is 2. The van der Waals surface area contributed by atoms with Crippen molar-refractivity contribution in [1.82, 2.24) is 25.8 Å². The lowest BCUT2D eigenvalue weighted by Gasteiger charge is -2.39. The molecule has 0 bridgehead atoms. The van der Waals surface area contributed by atoms with E-state index < -0.39 is 0 Å². The van der Waals surface area contributed by atoms with Crippen LogP contribution in [0.4, 0.5) is 0 Å². The molecule has 0 saturated carbocycles. The SMILES string of the molecule is C.C.C.C=C1CCCN(C(C)(C)C)C1.CC(C)(C)C1CCC(=O)CN1.CC(C)(C)C1CNCC(=O)C1.CC(C)(C)N1CCNCC1=O. The number of nitrogens with one attached hydrogen (secondary N) is 3. The summed E-state index contributed by atoms with van der Waals surface area (Å²) in [6.07, 6.45) is 5.04. The van der Waals surface area contributed by atoms with Crippen LogP contribution >= 0.6 is 0 Å².